The Kier molecular flexibility index (Phi) is 3.75. The van der Waals surface area contributed by atoms with E-state index in [0.717, 1.165) is 12.8 Å². The van der Waals surface area contributed by atoms with Crippen LogP contribution in [-0.4, -0.2) is 20.2 Å². The van der Waals surface area contributed by atoms with Crippen molar-refractivity contribution < 1.29 is 8.42 Å². The smallest absolute Gasteiger partial charge is 0.209 e. The molecule has 1 aromatic carbocycles. The molecular weight excluding hydrogens is 248 g/mol. The van der Waals surface area contributed by atoms with E-state index in [1.165, 1.54) is 11.1 Å². The van der Waals surface area contributed by atoms with Gasteiger partial charge in [0.1, 0.15) is 0 Å². The van der Waals surface area contributed by atoms with Crippen LogP contribution < -0.4 is 10.9 Å². The summed E-state index contributed by atoms with van der Waals surface area (Å²) in [6, 6.07) is 8.09. The SMILES string of the molecule is CCC(CS(N)(=O)=O)[C@@H]1c2ccccc2C[C@H]1N. The highest BCUT2D eigenvalue weighted by Crippen LogP contribution is 2.39. The molecule has 0 spiro atoms. The summed E-state index contributed by atoms with van der Waals surface area (Å²) in [6.45, 7) is 1.99. The number of hydrogen-bond acceptors (Lipinski definition) is 3. The number of benzene rings is 1. The average molecular weight is 268 g/mol. The summed E-state index contributed by atoms with van der Waals surface area (Å²) >= 11 is 0. The molecule has 4 N–H and O–H groups in total. The molecule has 0 saturated heterocycles. The zero-order valence-corrected chi connectivity index (χ0v) is 11.4. The van der Waals surface area contributed by atoms with Crippen LogP contribution in [0.15, 0.2) is 24.3 Å². The van der Waals surface area contributed by atoms with Crippen molar-refractivity contribution in [2.24, 2.45) is 16.8 Å². The van der Waals surface area contributed by atoms with Crippen LogP contribution >= 0.6 is 0 Å². The average Bonchev–Trinajstić information content (AvgIpc) is 2.61. The molecule has 0 radical (unpaired) electrons. The highest BCUT2D eigenvalue weighted by Gasteiger charge is 2.36. The lowest BCUT2D eigenvalue weighted by Gasteiger charge is -2.26. The second kappa shape index (κ2) is 4.99. The van der Waals surface area contributed by atoms with Crippen LogP contribution in [-0.2, 0) is 16.4 Å². The molecule has 0 aliphatic heterocycles. The fraction of sp³-hybridized carbons (Fsp3) is 0.538. The molecule has 1 aliphatic carbocycles. The maximum absolute atomic E-state index is 11.3. The molecule has 0 bridgehead atoms. The molecule has 4 nitrogen and oxygen atoms in total. The van der Waals surface area contributed by atoms with E-state index in [1.54, 1.807) is 0 Å². The molecule has 3 atom stereocenters. The van der Waals surface area contributed by atoms with Gasteiger partial charge in [0.15, 0.2) is 0 Å². The summed E-state index contributed by atoms with van der Waals surface area (Å²) < 4.78 is 22.6. The van der Waals surface area contributed by atoms with Gasteiger partial charge in [0.05, 0.1) is 5.75 Å². The summed E-state index contributed by atoms with van der Waals surface area (Å²) in [5.74, 6) is 0.110. The van der Waals surface area contributed by atoms with Crippen molar-refractivity contribution in [2.45, 2.75) is 31.7 Å². The predicted molar refractivity (Wildman–Crippen MR) is 72.6 cm³/mol. The first-order chi connectivity index (χ1) is 8.42. The number of fused-ring (bicyclic) bond motifs is 1. The maximum atomic E-state index is 11.3. The lowest BCUT2D eigenvalue weighted by molar-refractivity contribution is 0.403. The molecule has 0 fully saturated rings. The van der Waals surface area contributed by atoms with E-state index in [-0.39, 0.29) is 23.6 Å². The molecule has 0 saturated carbocycles. The van der Waals surface area contributed by atoms with Crippen molar-refractivity contribution in [2.75, 3.05) is 5.75 Å². The minimum atomic E-state index is -3.45. The Bertz CT molecular complexity index is 528. The molecule has 2 rings (SSSR count). The van der Waals surface area contributed by atoms with Gasteiger partial charge in [-0.15, -0.1) is 0 Å². The first kappa shape index (κ1) is 13.5. The van der Waals surface area contributed by atoms with Crippen LogP contribution in [0.3, 0.4) is 0 Å². The van der Waals surface area contributed by atoms with Gasteiger partial charge in [-0.2, -0.15) is 0 Å². The molecule has 5 heteroatoms. The third-order valence-corrected chi connectivity index (χ3v) is 4.70. The van der Waals surface area contributed by atoms with Crippen LogP contribution in [0.2, 0.25) is 0 Å². The Morgan fingerprint density at radius 2 is 2.06 bits per heavy atom. The highest BCUT2D eigenvalue weighted by atomic mass is 32.2. The summed E-state index contributed by atoms with van der Waals surface area (Å²) in [6.07, 6.45) is 1.59. The summed E-state index contributed by atoms with van der Waals surface area (Å²) in [4.78, 5) is 0. The fourth-order valence-corrected chi connectivity index (χ4v) is 4.07. The van der Waals surface area contributed by atoms with E-state index < -0.39 is 10.0 Å². The first-order valence-corrected chi connectivity index (χ1v) is 7.97. The van der Waals surface area contributed by atoms with Gasteiger partial charge >= 0.3 is 0 Å². The molecule has 100 valence electrons. The van der Waals surface area contributed by atoms with E-state index in [4.69, 9.17) is 10.9 Å². The van der Waals surface area contributed by atoms with Crippen LogP contribution in [0.1, 0.15) is 30.4 Å². The number of nitrogens with two attached hydrogens (primary N) is 2. The molecule has 1 unspecified atom stereocenters. The van der Waals surface area contributed by atoms with Gasteiger partial charge < -0.3 is 5.73 Å². The molecule has 0 aromatic heterocycles. The van der Waals surface area contributed by atoms with Crippen LogP contribution in [0, 0.1) is 5.92 Å². The van der Waals surface area contributed by atoms with Crippen molar-refractivity contribution in [1.29, 1.82) is 0 Å². The summed E-state index contributed by atoms with van der Waals surface area (Å²) in [5.41, 5.74) is 8.62. The Labute approximate surface area is 108 Å². The zero-order valence-electron chi connectivity index (χ0n) is 10.5. The molecule has 0 heterocycles. The fourth-order valence-electron chi connectivity index (χ4n) is 3.03. The van der Waals surface area contributed by atoms with Crippen molar-refractivity contribution in [1.82, 2.24) is 0 Å². The zero-order chi connectivity index (χ0) is 13.3. The maximum Gasteiger partial charge on any atom is 0.209 e. The van der Waals surface area contributed by atoms with Crippen molar-refractivity contribution in [3.05, 3.63) is 35.4 Å². The van der Waals surface area contributed by atoms with Gasteiger partial charge in [-0.05, 0) is 23.5 Å². The third-order valence-electron chi connectivity index (χ3n) is 3.81. The largest absolute Gasteiger partial charge is 0.327 e. The topological polar surface area (TPSA) is 86.2 Å². The number of hydrogen-bond donors (Lipinski definition) is 2. The van der Waals surface area contributed by atoms with Gasteiger partial charge in [0, 0.05) is 12.0 Å². The quantitative estimate of drug-likeness (QED) is 0.853. The van der Waals surface area contributed by atoms with Gasteiger partial charge in [-0.3, -0.25) is 0 Å². The minimum absolute atomic E-state index is 0.00125. The van der Waals surface area contributed by atoms with Gasteiger partial charge in [0.2, 0.25) is 10.0 Å². The third kappa shape index (κ3) is 2.74. The van der Waals surface area contributed by atoms with Crippen molar-refractivity contribution in [3.8, 4) is 0 Å². The monoisotopic (exact) mass is 268 g/mol. The van der Waals surface area contributed by atoms with Crippen molar-refractivity contribution in [3.63, 3.8) is 0 Å². The van der Waals surface area contributed by atoms with Crippen molar-refractivity contribution >= 4 is 10.0 Å². The minimum Gasteiger partial charge on any atom is -0.327 e. The normalized spacial score (nSPS) is 24.8. The number of rotatable bonds is 4. The van der Waals surface area contributed by atoms with Crippen LogP contribution in [0.4, 0.5) is 0 Å². The summed E-state index contributed by atoms with van der Waals surface area (Å²) in [7, 11) is -3.45. The second-order valence-electron chi connectivity index (χ2n) is 5.09. The number of primary sulfonamides is 1. The molecule has 0 amide bonds. The van der Waals surface area contributed by atoms with E-state index >= 15 is 0 Å². The van der Waals surface area contributed by atoms with Crippen LogP contribution in [0.25, 0.3) is 0 Å². The first-order valence-electron chi connectivity index (χ1n) is 6.26. The molecule has 1 aromatic rings. The second-order valence-corrected chi connectivity index (χ2v) is 6.75. The molecule has 18 heavy (non-hydrogen) atoms. The Morgan fingerprint density at radius 1 is 1.39 bits per heavy atom. The van der Waals surface area contributed by atoms with Gasteiger partial charge in [0.25, 0.3) is 0 Å². The molecular formula is C13H20N2O2S. The Morgan fingerprint density at radius 3 is 2.67 bits per heavy atom. The summed E-state index contributed by atoms with van der Waals surface area (Å²) in [5, 5.41) is 5.18. The predicted octanol–water partition coefficient (Wildman–Crippen LogP) is 0.968. The van der Waals surface area contributed by atoms with E-state index in [9.17, 15) is 8.42 Å². The van der Waals surface area contributed by atoms with Gasteiger partial charge in [-0.1, -0.05) is 37.6 Å². The van der Waals surface area contributed by atoms with Gasteiger partial charge in [-0.25, -0.2) is 13.6 Å². The van der Waals surface area contributed by atoms with Crippen LogP contribution in [0.5, 0.6) is 0 Å². The van der Waals surface area contributed by atoms with E-state index in [0.29, 0.717) is 0 Å². The lowest BCUT2D eigenvalue weighted by Crippen LogP contribution is -2.34. The number of sulfonamides is 1. The van der Waals surface area contributed by atoms with E-state index in [2.05, 4.69) is 12.1 Å². The van der Waals surface area contributed by atoms with E-state index in [1.807, 2.05) is 19.1 Å². The Hall–Kier alpha value is -0.910. The highest BCUT2D eigenvalue weighted by molar-refractivity contribution is 7.89. The molecule has 1 aliphatic rings. The lowest BCUT2D eigenvalue weighted by atomic mass is 9.84. The standard InChI is InChI=1S/C13H20N2O2S/c1-2-9(8-18(15,16)17)13-11-6-4-3-5-10(11)7-12(13)14/h3-6,9,12-13H,2,7-8,14H2,1H3,(H2,15,16,17)/t9?,12-,13-/m1/s1. The Balaban J connectivity index is 2.31.